The predicted molar refractivity (Wildman–Crippen MR) is 161 cm³/mol. The zero-order chi connectivity index (χ0) is 27.3. The van der Waals surface area contributed by atoms with E-state index in [2.05, 4.69) is 78.0 Å². The van der Waals surface area contributed by atoms with Gasteiger partial charge in [0.25, 0.3) is 0 Å². The van der Waals surface area contributed by atoms with Crippen molar-refractivity contribution in [2.45, 2.75) is 58.1 Å². The van der Waals surface area contributed by atoms with Gasteiger partial charge < -0.3 is 14.3 Å². The van der Waals surface area contributed by atoms with Crippen molar-refractivity contribution in [2.24, 2.45) is 5.92 Å². The van der Waals surface area contributed by atoms with Gasteiger partial charge in [0, 0.05) is 37.6 Å². The Balaban J connectivity index is 0.000000162. The van der Waals surface area contributed by atoms with Gasteiger partial charge in [-0.05, 0) is 68.5 Å². The third kappa shape index (κ3) is 4.86. The minimum atomic E-state index is -0.0833. The molecule has 209 valence electrons. The average Bonchev–Trinajstić information content (AvgIpc) is 3.66. The molecule has 1 fully saturated rings. The third-order valence-electron chi connectivity index (χ3n) is 8.45. The molecule has 1 atom stereocenters. The molecule has 4 nitrogen and oxygen atoms in total. The van der Waals surface area contributed by atoms with Gasteiger partial charge in [-0.3, -0.25) is 4.98 Å². The summed E-state index contributed by atoms with van der Waals surface area (Å²) >= 11 is 0. The maximum atomic E-state index is 5.79. The summed E-state index contributed by atoms with van der Waals surface area (Å²) in [5.41, 5.74) is 9.40. The van der Waals surface area contributed by atoms with Gasteiger partial charge in [-0.1, -0.05) is 42.7 Å². The number of hydrogen-bond acceptors (Lipinski definition) is 3. The van der Waals surface area contributed by atoms with Crippen LogP contribution in [0.2, 0.25) is 0 Å². The average molecular weight is 716 g/mol. The second kappa shape index (κ2) is 11.0. The Kier molecular flexibility index (Phi) is 7.44. The molecule has 2 aliphatic heterocycles. The molecule has 0 bridgehead atoms. The Morgan fingerprint density at radius 1 is 0.927 bits per heavy atom. The van der Waals surface area contributed by atoms with E-state index >= 15 is 0 Å². The van der Waals surface area contributed by atoms with E-state index in [-0.39, 0.29) is 31.7 Å². The number of ether oxygens (including phenoxy) is 1. The van der Waals surface area contributed by atoms with E-state index in [1.54, 1.807) is 5.57 Å². The topological polar surface area (TPSA) is 39.9 Å². The van der Waals surface area contributed by atoms with Crippen LogP contribution in [0.3, 0.4) is 0 Å². The van der Waals surface area contributed by atoms with Crippen molar-refractivity contribution in [3.63, 3.8) is 0 Å². The second-order valence-corrected chi connectivity index (χ2v) is 11.6. The maximum Gasteiger partial charge on any atom is 0.102 e. The van der Waals surface area contributed by atoms with E-state index < -0.39 is 0 Å². The van der Waals surface area contributed by atoms with Gasteiger partial charge >= 0.3 is 0 Å². The molecule has 1 aliphatic carbocycles. The molecule has 0 N–H and O–H groups in total. The van der Waals surface area contributed by atoms with Crippen LogP contribution in [0.15, 0.2) is 85.1 Å². The first-order valence-electron chi connectivity index (χ1n) is 14.4. The standard InChI is InChI=1S/C23H23N2.C13H10NO.Ir/c1-23(2)15-19(16-9-6-7-10-16)18-13-8-14-20-21(18)25(23)22(24-20)17-11-4-3-5-12-17;1-9-10-6-4-8-14-13(10)11-5-2-3-7-12(11)15-9;/h3-5,8,11,13-16H,6-7,9-10H2,1-2H3;2-4,6-9H,1H3;/q2*-1;. The molecule has 3 aliphatic rings. The number of pyridine rings is 1. The predicted octanol–water partition coefficient (Wildman–Crippen LogP) is 8.83. The third-order valence-corrected chi connectivity index (χ3v) is 8.45. The van der Waals surface area contributed by atoms with E-state index in [4.69, 9.17) is 9.72 Å². The fourth-order valence-corrected chi connectivity index (χ4v) is 6.64. The minimum absolute atomic E-state index is 0. The van der Waals surface area contributed by atoms with E-state index in [9.17, 15) is 0 Å². The quantitative estimate of drug-likeness (QED) is 0.172. The van der Waals surface area contributed by atoms with Crippen molar-refractivity contribution < 1.29 is 24.8 Å². The molecule has 5 heteroatoms. The van der Waals surface area contributed by atoms with Crippen LogP contribution in [0.1, 0.15) is 63.7 Å². The van der Waals surface area contributed by atoms with Crippen LogP contribution in [-0.4, -0.2) is 14.5 Å². The first kappa shape index (κ1) is 27.6. The second-order valence-electron chi connectivity index (χ2n) is 11.6. The molecular weight excluding hydrogens is 683 g/mol. The fourth-order valence-electron chi connectivity index (χ4n) is 6.64. The van der Waals surface area contributed by atoms with Crippen LogP contribution in [0.4, 0.5) is 0 Å². The first-order valence-corrected chi connectivity index (χ1v) is 14.4. The van der Waals surface area contributed by atoms with Crippen LogP contribution in [0.5, 0.6) is 5.75 Å². The summed E-state index contributed by atoms with van der Waals surface area (Å²) in [6, 6.07) is 31.1. The van der Waals surface area contributed by atoms with Crippen molar-refractivity contribution >= 4 is 16.6 Å². The minimum Gasteiger partial charge on any atom is -0.530 e. The smallest absolute Gasteiger partial charge is 0.102 e. The van der Waals surface area contributed by atoms with Crippen LogP contribution in [-0.2, 0) is 25.6 Å². The Morgan fingerprint density at radius 2 is 1.76 bits per heavy atom. The molecule has 8 rings (SSSR count). The van der Waals surface area contributed by atoms with Gasteiger partial charge in [-0.25, -0.2) is 0 Å². The summed E-state index contributed by atoms with van der Waals surface area (Å²) < 4.78 is 8.21. The number of aromatic nitrogens is 3. The van der Waals surface area contributed by atoms with Crippen LogP contribution in [0.25, 0.3) is 39.3 Å². The number of fused-ring (bicyclic) bond motifs is 3. The van der Waals surface area contributed by atoms with Crippen molar-refractivity contribution in [1.82, 2.24) is 14.5 Å². The van der Waals surface area contributed by atoms with Crippen molar-refractivity contribution in [1.29, 1.82) is 0 Å². The molecule has 1 radical (unpaired) electrons. The number of allylic oxidation sites excluding steroid dienone is 2. The monoisotopic (exact) mass is 716 g/mol. The molecule has 0 saturated heterocycles. The Hall–Kier alpha value is -3.53. The SMILES string of the molecule is CC1(C)C=C(C2CCCC2)c2cccc3nc(-c4[c-]cccc4)n1c23.CC1Oc2ccc[c-]c2-c2ncccc21.[Ir]. The normalized spacial score (nSPS) is 18.2. The number of imidazole rings is 1. The van der Waals surface area contributed by atoms with Gasteiger partial charge in [0.15, 0.2) is 0 Å². The van der Waals surface area contributed by atoms with Gasteiger partial charge in [-0.15, -0.1) is 60.2 Å². The number of rotatable bonds is 2. The molecule has 3 aromatic carbocycles. The maximum absolute atomic E-state index is 5.79. The van der Waals surface area contributed by atoms with Crippen molar-refractivity contribution in [3.8, 4) is 28.4 Å². The molecule has 2 aromatic heterocycles. The summed E-state index contributed by atoms with van der Waals surface area (Å²) in [7, 11) is 0. The molecule has 1 saturated carbocycles. The first-order chi connectivity index (χ1) is 19.5. The van der Waals surface area contributed by atoms with Gasteiger partial charge in [0.2, 0.25) is 0 Å². The number of hydrogen-bond donors (Lipinski definition) is 0. The Bertz CT molecular complexity index is 1730. The van der Waals surface area contributed by atoms with Crippen LogP contribution in [0, 0.1) is 18.1 Å². The molecule has 41 heavy (non-hydrogen) atoms. The summed E-state index contributed by atoms with van der Waals surface area (Å²) in [5.74, 6) is 2.60. The summed E-state index contributed by atoms with van der Waals surface area (Å²) in [4.78, 5) is 9.41. The van der Waals surface area contributed by atoms with Crippen molar-refractivity contribution in [2.75, 3.05) is 0 Å². The molecule has 0 amide bonds. The molecule has 0 spiro atoms. The van der Waals surface area contributed by atoms with Crippen molar-refractivity contribution in [3.05, 3.63) is 108 Å². The van der Waals surface area contributed by atoms with Gasteiger partial charge in [-0.2, -0.15) is 0 Å². The van der Waals surface area contributed by atoms with E-state index in [0.29, 0.717) is 5.92 Å². The fraction of sp³-hybridized carbons (Fsp3) is 0.278. The molecule has 1 unspecified atom stereocenters. The van der Waals surface area contributed by atoms with Crippen LogP contribution >= 0.6 is 0 Å². The van der Waals surface area contributed by atoms with E-state index in [1.807, 2.05) is 49.5 Å². The van der Waals surface area contributed by atoms with Gasteiger partial charge in [0.05, 0.1) is 22.4 Å². The number of para-hydroxylation sites is 1. The Morgan fingerprint density at radius 3 is 2.56 bits per heavy atom. The largest absolute Gasteiger partial charge is 0.530 e. The summed E-state index contributed by atoms with van der Waals surface area (Å²) in [5, 5.41) is 0. The number of nitrogens with zero attached hydrogens (tertiary/aromatic N) is 3. The van der Waals surface area contributed by atoms with E-state index in [1.165, 1.54) is 36.8 Å². The van der Waals surface area contributed by atoms with E-state index in [0.717, 1.165) is 39.5 Å². The Labute approximate surface area is 255 Å². The van der Waals surface area contributed by atoms with Gasteiger partial charge in [0.1, 0.15) is 6.10 Å². The zero-order valence-electron chi connectivity index (χ0n) is 23.6. The molecule has 4 heterocycles. The molecular formula is C36H33IrN3O-2. The summed E-state index contributed by atoms with van der Waals surface area (Å²) in [6.45, 7) is 6.66. The zero-order valence-corrected chi connectivity index (χ0v) is 26.0. The van der Waals surface area contributed by atoms with Crippen LogP contribution < -0.4 is 4.74 Å². The summed E-state index contributed by atoms with van der Waals surface area (Å²) in [6.07, 6.45) is 9.75. The molecule has 5 aromatic rings. The number of benzene rings is 3.